The van der Waals surface area contributed by atoms with Gasteiger partial charge in [0, 0.05) is 0 Å². The number of nitrogens with zero attached hydrogens (tertiary/aromatic N) is 1. The molecule has 94 valence electrons. The molecule has 2 aromatic rings. The zero-order valence-electron chi connectivity index (χ0n) is 8.52. The van der Waals surface area contributed by atoms with E-state index in [0.717, 1.165) is 6.07 Å². The van der Waals surface area contributed by atoms with E-state index in [-0.39, 0.29) is 11.0 Å². The molecule has 0 amide bonds. The molecule has 1 aromatic heterocycles. The summed E-state index contributed by atoms with van der Waals surface area (Å²) in [5.74, 6) is -1.59. The van der Waals surface area contributed by atoms with Crippen LogP contribution in [0.1, 0.15) is 5.56 Å². The highest BCUT2D eigenvalue weighted by molar-refractivity contribution is 5.78. The van der Waals surface area contributed by atoms with Gasteiger partial charge in [0.15, 0.2) is 0 Å². The molecule has 0 fully saturated rings. The van der Waals surface area contributed by atoms with Crippen molar-refractivity contribution in [2.45, 2.75) is 6.18 Å². The van der Waals surface area contributed by atoms with Crippen molar-refractivity contribution in [1.29, 1.82) is 0 Å². The zero-order valence-corrected chi connectivity index (χ0v) is 8.52. The van der Waals surface area contributed by atoms with Gasteiger partial charge in [0.25, 0.3) is 0 Å². The molecule has 0 unspecified atom stereocenters. The van der Waals surface area contributed by atoms with Crippen molar-refractivity contribution in [2.24, 2.45) is 0 Å². The molecular formula is C10H4F3NO4. The van der Waals surface area contributed by atoms with Gasteiger partial charge >= 0.3 is 12.1 Å². The normalized spacial score (nSPS) is 11.7. The van der Waals surface area contributed by atoms with E-state index in [1.165, 1.54) is 18.2 Å². The van der Waals surface area contributed by atoms with Crippen molar-refractivity contribution < 1.29 is 22.5 Å². The molecule has 0 spiro atoms. The lowest BCUT2D eigenvalue weighted by molar-refractivity contribution is -0.405. The van der Waals surface area contributed by atoms with Gasteiger partial charge in [-0.1, -0.05) is 12.1 Å². The summed E-state index contributed by atoms with van der Waals surface area (Å²) in [4.78, 5) is 20.8. The van der Waals surface area contributed by atoms with Gasteiger partial charge in [-0.05, 0) is 12.1 Å². The Morgan fingerprint density at radius 3 is 2.39 bits per heavy atom. The topological polar surface area (TPSA) is 73.3 Å². The third-order valence-corrected chi connectivity index (χ3v) is 2.23. The van der Waals surface area contributed by atoms with Gasteiger partial charge in [-0.15, -0.1) is 0 Å². The third-order valence-electron chi connectivity index (χ3n) is 2.23. The highest BCUT2D eigenvalue weighted by Crippen LogP contribution is 2.35. The quantitative estimate of drug-likeness (QED) is 0.583. The van der Waals surface area contributed by atoms with Crippen LogP contribution >= 0.6 is 0 Å². The van der Waals surface area contributed by atoms with E-state index in [9.17, 15) is 28.1 Å². The number of para-hydroxylation sites is 1. The summed E-state index contributed by atoms with van der Waals surface area (Å²) in [6.07, 6.45) is -5.15. The lowest BCUT2D eigenvalue weighted by Crippen LogP contribution is -2.21. The molecule has 0 saturated carbocycles. The van der Waals surface area contributed by atoms with E-state index >= 15 is 0 Å². The summed E-state index contributed by atoms with van der Waals surface area (Å²) < 4.78 is 42.4. The second kappa shape index (κ2) is 3.83. The highest BCUT2D eigenvalue weighted by atomic mass is 19.4. The Hall–Kier alpha value is -2.38. The first-order chi connectivity index (χ1) is 8.32. The average molecular weight is 259 g/mol. The van der Waals surface area contributed by atoms with Crippen LogP contribution < -0.4 is 5.43 Å². The standard InChI is InChI=1S/C10H4F3NO4/c11-10(12,13)7-8(15)5-3-1-2-4-6(5)18-9(7)14(16)17/h1-4H. The maximum absolute atomic E-state index is 12.6. The van der Waals surface area contributed by atoms with Crippen molar-refractivity contribution in [1.82, 2.24) is 0 Å². The molecule has 0 aliphatic rings. The van der Waals surface area contributed by atoms with Gasteiger partial charge in [0.05, 0.1) is 5.39 Å². The van der Waals surface area contributed by atoms with Crippen LogP contribution in [-0.4, -0.2) is 4.92 Å². The Labute approximate surface area is 96.6 Å². The zero-order chi connectivity index (χ0) is 13.5. The van der Waals surface area contributed by atoms with Crippen molar-refractivity contribution in [2.75, 3.05) is 0 Å². The molecule has 0 radical (unpaired) electrons. The van der Waals surface area contributed by atoms with Crippen LogP contribution in [0.25, 0.3) is 11.0 Å². The second-order valence-corrected chi connectivity index (χ2v) is 3.36. The maximum Gasteiger partial charge on any atom is 0.450 e. The summed E-state index contributed by atoms with van der Waals surface area (Å²) >= 11 is 0. The second-order valence-electron chi connectivity index (χ2n) is 3.36. The number of nitro groups is 1. The van der Waals surface area contributed by atoms with Crippen LogP contribution in [-0.2, 0) is 6.18 Å². The van der Waals surface area contributed by atoms with Crippen LogP contribution in [0.2, 0.25) is 0 Å². The van der Waals surface area contributed by atoms with E-state index in [1.807, 2.05) is 0 Å². The Morgan fingerprint density at radius 2 is 1.83 bits per heavy atom. The SMILES string of the molecule is O=c1c(C(F)(F)F)c([N+](=O)[O-])oc2ccccc12. The molecule has 0 aliphatic carbocycles. The van der Waals surface area contributed by atoms with Crippen LogP contribution in [0.3, 0.4) is 0 Å². The number of halogens is 3. The summed E-state index contributed by atoms with van der Waals surface area (Å²) in [5.41, 5.74) is -3.62. The average Bonchev–Trinajstić information content (AvgIpc) is 2.27. The minimum atomic E-state index is -5.15. The van der Waals surface area contributed by atoms with Gasteiger partial charge in [-0.3, -0.25) is 14.9 Å². The largest absolute Gasteiger partial charge is 0.450 e. The molecule has 8 heteroatoms. The molecular weight excluding hydrogens is 255 g/mol. The third kappa shape index (κ3) is 1.81. The van der Waals surface area contributed by atoms with Gasteiger partial charge in [-0.2, -0.15) is 13.2 Å². The Bertz CT molecular complexity index is 690. The molecule has 0 bridgehead atoms. The van der Waals surface area contributed by atoms with Gasteiger partial charge < -0.3 is 4.42 Å². The van der Waals surface area contributed by atoms with E-state index in [0.29, 0.717) is 0 Å². The van der Waals surface area contributed by atoms with Crippen LogP contribution in [0.15, 0.2) is 33.5 Å². The summed E-state index contributed by atoms with van der Waals surface area (Å²) in [7, 11) is 0. The maximum atomic E-state index is 12.6. The Kier molecular flexibility index (Phi) is 2.57. The number of alkyl halides is 3. The molecule has 0 N–H and O–H groups in total. The van der Waals surface area contributed by atoms with E-state index in [1.54, 1.807) is 0 Å². The number of hydrogen-bond donors (Lipinski definition) is 0. The van der Waals surface area contributed by atoms with Gasteiger partial charge in [-0.25, -0.2) is 0 Å². The molecule has 0 aliphatic heterocycles. The first kappa shape index (κ1) is 12.1. The number of fused-ring (bicyclic) bond motifs is 1. The number of hydrogen-bond acceptors (Lipinski definition) is 4. The predicted octanol–water partition coefficient (Wildman–Crippen LogP) is 2.72. The van der Waals surface area contributed by atoms with E-state index < -0.39 is 28.0 Å². The minimum Gasteiger partial charge on any atom is -0.400 e. The van der Waals surface area contributed by atoms with E-state index in [2.05, 4.69) is 4.42 Å². The lowest BCUT2D eigenvalue weighted by Gasteiger charge is -2.06. The predicted molar refractivity (Wildman–Crippen MR) is 54.1 cm³/mol. The van der Waals surface area contributed by atoms with E-state index in [4.69, 9.17) is 0 Å². The van der Waals surface area contributed by atoms with Crippen molar-refractivity contribution in [3.63, 3.8) is 0 Å². The molecule has 5 nitrogen and oxygen atoms in total. The van der Waals surface area contributed by atoms with Gasteiger partial charge in [0.2, 0.25) is 11.0 Å². The molecule has 0 atom stereocenters. The van der Waals surface area contributed by atoms with Crippen LogP contribution in [0.4, 0.5) is 19.1 Å². The molecule has 0 saturated heterocycles. The molecule has 1 aromatic carbocycles. The molecule has 2 rings (SSSR count). The fraction of sp³-hybridized carbons (Fsp3) is 0.100. The number of rotatable bonds is 1. The van der Waals surface area contributed by atoms with Crippen LogP contribution in [0.5, 0.6) is 0 Å². The fourth-order valence-electron chi connectivity index (χ4n) is 1.51. The first-order valence-corrected chi connectivity index (χ1v) is 4.60. The minimum absolute atomic E-state index is 0.262. The molecule has 18 heavy (non-hydrogen) atoms. The van der Waals surface area contributed by atoms with Gasteiger partial charge in [0.1, 0.15) is 10.5 Å². The summed E-state index contributed by atoms with van der Waals surface area (Å²) in [5, 5.41) is 10.2. The Balaban J connectivity index is 2.98. The van der Waals surface area contributed by atoms with Crippen molar-refractivity contribution >= 4 is 16.9 Å². The Morgan fingerprint density at radius 1 is 1.22 bits per heavy atom. The van der Waals surface area contributed by atoms with Crippen LogP contribution in [0, 0.1) is 10.1 Å². The summed E-state index contributed by atoms with van der Waals surface area (Å²) in [6, 6.07) is 5.03. The smallest absolute Gasteiger partial charge is 0.400 e. The fourth-order valence-corrected chi connectivity index (χ4v) is 1.51. The number of benzene rings is 1. The van der Waals surface area contributed by atoms with Crippen molar-refractivity contribution in [3.8, 4) is 0 Å². The highest BCUT2D eigenvalue weighted by Gasteiger charge is 2.44. The molecule has 1 heterocycles. The lowest BCUT2D eigenvalue weighted by atomic mass is 10.1. The summed E-state index contributed by atoms with van der Waals surface area (Å²) in [6.45, 7) is 0. The van der Waals surface area contributed by atoms with Crippen molar-refractivity contribution in [3.05, 3.63) is 50.2 Å². The first-order valence-electron chi connectivity index (χ1n) is 4.60. The monoisotopic (exact) mass is 259 g/mol.